The summed E-state index contributed by atoms with van der Waals surface area (Å²) in [6.07, 6.45) is -9.35. The van der Waals surface area contributed by atoms with Gasteiger partial charge in [-0.2, -0.15) is 26.3 Å². The van der Waals surface area contributed by atoms with Crippen LogP contribution in [0.25, 0.3) is 0 Å². The maximum atomic E-state index is 13.6. The van der Waals surface area contributed by atoms with Crippen LogP contribution in [-0.2, 0) is 23.2 Å². The Kier molecular flexibility index (Phi) is 6.72. The Hall–Kier alpha value is -2.12. The van der Waals surface area contributed by atoms with E-state index in [1.54, 1.807) is 30.3 Å². The predicted octanol–water partition coefficient (Wildman–Crippen LogP) is 3.82. The Morgan fingerprint density at radius 2 is 0.857 bits per heavy atom. The molecule has 0 bridgehead atoms. The van der Waals surface area contributed by atoms with Gasteiger partial charge in [0.2, 0.25) is 0 Å². The molecule has 0 unspecified atom stereocenters. The Labute approximate surface area is 167 Å². The Balaban J connectivity index is 0.00000280. The number of rotatable bonds is 3. The third kappa shape index (κ3) is 4.64. The van der Waals surface area contributed by atoms with Crippen LogP contribution in [0.2, 0.25) is 0 Å². The van der Waals surface area contributed by atoms with E-state index in [-0.39, 0.29) is 22.2 Å². The lowest BCUT2D eigenvalue weighted by atomic mass is 10.2. The van der Waals surface area contributed by atoms with Crippen LogP contribution in [0.15, 0.2) is 93.5 Å². The molecular formula is C20H13ClF6S. The standard InChI is InChI=1S/C20H13F6S.ClH/c21-19(22,23)15-10-4-6-12-17(15)27(14-8-2-1-3-9-14)18-13-7-5-11-16(18)20(24,25)26;/h1-13H;1H/q+1;/p-1. The van der Waals surface area contributed by atoms with Crippen molar-refractivity contribution in [3.63, 3.8) is 0 Å². The topological polar surface area (TPSA) is 0 Å². The molecule has 0 saturated heterocycles. The van der Waals surface area contributed by atoms with Gasteiger partial charge in [-0.15, -0.1) is 0 Å². The predicted molar refractivity (Wildman–Crippen MR) is 91.5 cm³/mol. The normalized spacial score (nSPS) is 12.0. The number of hydrogen-bond acceptors (Lipinski definition) is 0. The molecule has 0 aliphatic rings. The van der Waals surface area contributed by atoms with Crippen LogP contribution in [-0.4, -0.2) is 0 Å². The Morgan fingerprint density at radius 3 is 1.25 bits per heavy atom. The first kappa shape index (κ1) is 22.2. The first-order chi connectivity index (χ1) is 12.7. The second-order valence-corrected chi connectivity index (χ2v) is 7.57. The van der Waals surface area contributed by atoms with Gasteiger partial charge in [-0.05, 0) is 36.4 Å². The molecule has 3 aromatic carbocycles. The van der Waals surface area contributed by atoms with Gasteiger partial charge in [-0.1, -0.05) is 42.5 Å². The fourth-order valence-electron chi connectivity index (χ4n) is 2.69. The van der Waals surface area contributed by atoms with Crippen molar-refractivity contribution in [2.24, 2.45) is 0 Å². The van der Waals surface area contributed by atoms with Crippen LogP contribution in [0.4, 0.5) is 26.3 Å². The molecule has 3 rings (SSSR count). The van der Waals surface area contributed by atoms with E-state index in [0.29, 0.717) is 4.90 Å². The van der Waals surface area contributed by atoms with Crippen LogP contribution in [0.3, 0.4) is 0 Å². The molecule has 3 aromatic rings. The average molecular weight is 435 g/mol. The SMILES string of the molecule is FC(F)(F)c1ccccc1[S+](c1ccccc1)c1ccccc1C(F)(F)F.[Cl-]. The van der Waals surface area contributed by atoms with Crippen molar-refractivity contribution < 1.29 is 38.7 Å². The number of hydrogen-bond donors (Lipinski definition) is 0. The highest BCUT2D eigenvalue weighted by atomic mass is 35.5. The van der Waals surface area contributed by atoms with Crippen LogP contribution in [0, 0.1) is 0 Å². The molecule has 0 aromatic heterocycles. The van der Waals surface area contributed by atoms with E-state index in [9.17, 15) is 26.3 Å². The molecule has 8 heteroatoms. The number of alkyl halides is 6. The van der Waals surface area contributed by atoms with Gasteiger partial charge in [0.1, 0.15) is 22.0 Å². The molecule has 0 atom stereocenters. The van der Waals surface area contributed by atoms with Gasteiger partial charge in [0.25, 0.3) is 0 Å². The zero-order valence-electron chi connectivity index (χ0n) is 14.1. The van der Waals surface area contributed by atoms with Crippen molar-refractivity contribution in [3.8, 4) is 0 Å². The molecule has 0 heterocycles. The number of benzene rings is 3. The third-order valence-electron chi connectivity index (χ3n) is 3.80. The van der Waals surface area contributed by atoms with Gasteiger partial charge in [0.15, 0.2) is 14.7 Å². The summed E-state index contributed by atoms with van der Waals surface area (Å²) in [5.74, 6) is 0. The summed E-state index contributed by atoms with van der Waals surface area (Å²) in [6.45, 7) is 0. The van der Waals surface area contributed by atoms with Crippen molar-refractivity contribution in [2.75, 3.05) is 0 Å². The minimum absolute atomic E-state index is 0. The van der Waals surface area contributed by atoms with E-state index in [4.69, 9.17) is 0 Å². The van der Waals surface area contributed by atoms with Crippen LogP contribution >= 0.6 is 0 Å². The monoisotopic (exact) mass is 434 g/mol. The van der Waals surface area contributed by atoms with Crippen molar-refractivity contribution in [1.29, 1.82) is 0 Å². The molecule has 0 N–H and O–H groups in total. The molecule has 0 amide bonds. The van der Waals surface area contributed by atoms with E-state index >= 15 is 0 Å². The summed E-state index contributed by atoms with van der Waals surface area (Å²) in [5.41, 5.74) is -1.87. The molecule has 148 valence electrons. The molecule has 0 radical (unpaired) electrons. The lowest BCUT2D eigenvalue weighted by molar-refractivity contribution is -0.140. The molecule has 0 spiro atoms. The van der Waals surface area contributed by atoms with Crippen molar-refractivity contribution in [1.82, 2.24) is 0 Å². The molecule has 0 aliphatic heterocycles. The summed E-state index contributed by atoms with van der Waals surface area (Å²) >= 11 is 0. The first-order valence-corrected chi connectivity index (χ1v) is 9.04. The van der Waals surface area contributed by atoms with Crippen molar-refractivity contribution in [2.45, 2.75) is 27.0 Å². The minimum Gasteiger partial charge on any atom is -1.00 e. The third-order valence-corrected chi connectivity index (χ3v) is 6.14. The smallest absolute Gasteiger partial charge is 0.421 e. The zero-order chi connectivity index (χ0) is 19.7. The van der Waals surface area contributed by atoms with Gasteiger partial charge in [-0.3, -0.25) is 0 Å². The van der Waals surface area contributed by atoms with Gasteiger partial charge in [-0.25, -0.2) is 0 Å². The van der Waals surface area contributed by atoms with Crippen molar-refractivity contribution in [3.05, 3.63) is 90.0 Å². The minimum atomic E-state index is -4.68. The highest BCUT2D eigenvalue weighted by Gasteiger charge is 2.45. The van der Waals surface area contributed by atoms with Gasteiger partial charge in [0.05, 0.1) is 0 Å². The van der Waals surface area contributed by atoms with Crippen LogP contribution < -0.4 is 12.4 Å². The molecule has 0 nitrogen and oxygen atoms in total. The average Bonchev–Trinajstić information content (AvgIpc) is 2.62. The Bertz CT molecular complexity index is 864. The maximum Gasteiger partial charge on any atom is 0.421 e. The fourth-order valence-corrected chi connectivity index (χ4v) is 5.10. The van der Waals surface area contributed by atoms with E-state index in [1.165, 1.54) is 36.4 Å². The van der Waals surface area contributed by atoms with E-state index in [1.807, 2.05) is 0 Å². The van der Waals surface area contributed by atoms with Crippen LogP contribution in [0.5, 0.6) is 0 Å². The van der Waals surface area contributed by atoms with E-state index < -0.39 is 34.4 Å². The second kappa shape index (κ2) is 8.49. The molecule has 28 heavy (non-hydrogen) atoms. The van der Waals surface area contributed by atoms with E-state index in [0.717, 1.165) is 12.1 Å². The highest BCUT2D eigenvalue weighted by molar-refractivity contribution is 7.97. The van der Waals surface area contributed by atoms with Crippen LogP contribution in [0.1, 0.15) is 11.1 Å². The maximum absolute atomic E-state index is 13.6. The fraction of sp³-hybridized carbons (Fsp3) is 0.100. The Morgan fingerprint density at radius 1 is 0.500 bits per heavy atom. The summed E-state index contributed by atoms with van der Waals surface area (Å²) in [6, 6.07) is 17.5. The van der Waals surface area contributed by atoms with Gasteiger partial charge in [0, 0.05) is 0 Å². The van der Waals surface area contributed by atoms with Crippen molar-refractivity contribution >= 4 is 10.9 Å². The van der Waals surface area contributed by atoms with E-state index in [2.05, 4.69) is 0 Å². The molecule has 0 saturated carbocycles. The second-order valence-electron chi connectivity index (χ2n) is 5.61. The largest absolute Gasteiger partial charge is 1.00 e. The summed E-state index contributed by atoms with van der Waals surface area (Å²) in [4.78, 5) is 0.00620. The lowest BCUT2D eigenvalue weighted by Gasteiger charge is -2.16. The molecular weight excluding hydrogens is 422 g/mol. The van der Waals surface area contributed by atoms with Gasteiger partial charge < -0.3 is 12.4 Å². The summed E-state index contributed by atoms with van der Waals surface area (Å²) in [7, 11) is -1.57. The zero-order valence-corrected chi connectivity index (χ0v) is 15.6. The quantitative estimate of drug-likeness (QED) is 0.434. The lowest BCUT2D eigenvalue weighted by Crippen LogP contribution is -3.00. The first-order valence-electron chi connectivity index (χ1n) is 7.81. The highest BCUT2D eigenvalue weighted by Crippen LogP contribution is 2.44. The summed E-state index contributed by atoms with van der Waals surface area (Å²) in [5, 5.41) is 0. The molecule has 0 fully saturated rings. The van der Waals surface area contributed by atoms with Gasteiger partial charge >= 0.3 is 12.4 Å². The summed E-state index contributed by atoms with van der Waals surface area (Å²) < 4.78 is 81.3. The number of halogens is 7. The molecule has 0 aliphatic carbocycles.